The number of nitrogens with zero attached hydrogens (tertiary/aromatic N) is 1. The third kappa shape index (κ3) is 5.82. The number of rotatable bonds is 8. The van der Waals surface area contributed by atoms with Gasteiger partial charge in [-0.25, -0.2) is 9.69 Å². The first-order valence-electron chi connectivity index (χ1n) is 11.3. The van der Waals surface area contributed by atoms with E-state index < -0.39 is 23.7 Å². The van der Waals surface area contributed by atoms with Gasteiger partial charge in [0.25, 0.3) is 17.7 Å². The molecule has 1 aliphatic heterocycles. The number of ether oxygens (including phenoxy) is 1. The van der Waals surface area contributed by atoms with Crippen molar-refractivity contribution in [1.82, 2.24) is 0 Å². The molecule has 1 aliphatic rings. The van der Waals surface area contributed by atoms with E-state index in [0.29, 0.717) is 46.2 Å². The van der Waals surface area contributed by atoms with Crippen molar-refractivity contribution in [3.05, 3.63) is 99.7 Å². The maximum atomic E-state index is 12.9. The third-order valence-corrected chi connectivity index (χ3v) is 5.92. The van der Waals surface area contributed by atoms with Gasteiger partial charge >= 0.3 is 5.97 Å². The molecule has 0 spiro atoms. The topological polar surface area (TPSA) is 105 Å². The van der Waals surface area contributed by atoms with Gasteiger partial charge in [0, 0.05) is 22.0 Å². The highest BCUT2D eigenvalue weighted by Gasteiger charge is 2.38. The predicted molar refractivity (Wildman–Crippen MR) is 142 cm³/mol. The molecule has 0 bridgehead atoms. The summed E-state index contributed by atoms with van der Waals surface area (Å²) in [5.41, 5.74) is 1.81. The van der Waals surface area contributed by atoms with Crippen LogP contribution >= 0.6 is 23.2 Å². The Kier molecular flexibility index (Phi) is 7.91. The van der Waals surface area contributed by atoms with Gasteiger partial charge in [-0.15, -0.1) is 0 Å². The lowest BCUT2D eigenvalue weighted by Gasteiger charge is -2.15. The summed E-state index contributed by atoms with van der Waals surface area (Å²) < 4.78 is 5.12. The van der Waals surface area contributed by atoms with Gasteiger partial charge in [-0.1, -0.05) is 36.2 Å². The summed E-state index contributed by atoms with van der Waals surface area (Å²) >= 11 is 12.1. The molecule has 4 rings (SSSR count). The van der Waals surface area contributed by atoms with E-state index in [4.69, 9.17) is 27.9 Å². The Morgan fingerprint density at radius 1 is 0.865 bits per heavy atom. The predicted octanol–water partition coefficient (Wildman–Crippen LogP) is 5.59. The molecule has 0 saturated carbocycles. The van der Waals surface area contributed by atoms with Gasteiger partial charge in [0.15, 0.2) is 0 Å². The summed E-state index contributed by atoms with van der Waals surface area (Å²) in [6.45, 7) is 2.22. The summed E-state index contributed by atoms with van der Waals surface area (Å²) in [4.78, 5) is 51.2. The molecule has 2 N–H and O–H groups in total. The van der Waals surface area contributed by atoms with Crippen LogP contribution in [0.15, 0.2) is 83.5 Å². The molecule has 188 valence electrons. The van der Waals surface area contributed by atoms with Crippen LogP contribution in [0.2, 0.25) is 5.02 Å². The zero-order chi connectivity index (χ0) is 26.5. The molecular formula is C27H21Cl2N3O5. The number of nitrogens with one attached hydrogen (secondary N) is 2. The SMILES string of the molecule is CCCOC(=O)c1cccc(NC(=O)c2ccc(NC3=C(Cl)C(=O)N(c4ccc(Cl)cc4)C3=O)cc2)c1. The third-order valence-electron chi connectivity index (χ3n) is 5.32. The Labute approximate surface area is 222 Å². The second kappa shape index (κ2) is 11.3. The van der Waals surface area contributed by atoms with Crippen LogP contribution in [0.25, 0.3) is 0 Å². The van der Waals surface area contributed by atoms with Crippen molar-refractivity contribution in [2.45, 2.75) is 13.3 Å². The Morgan fingerprint density at radius 2 is 1.57 bits per heavy atom. The van der Waals surface area contributed by atoms with Gasteiger partial charge in [0.1, 0.15) is 10.7 Å². The van der Waals surface area contributed by atoms with Gasteiger partial charge in [0.2, 0.25) is 0 Å². The normalized spacial score (nSPS) is 13.1. The van der Waals surface area contributed by atoms with Gasteiger partial charge in [-0.05, 0) is 73.2 Å². The summed E-state index contributed by atoms with van der Waals surface area (Å²) in [5.74, 6) is -2.13. The number of carbonyl (C=O) groups is 4. The Morgan fingerprint density at radius 3 is 2.24 bits per heavy atom. The summed E-state index contributed by atoms with van der Waals surface area (Å²) in [7, 11) is 0. The molecule has 0 saturated heterocycles. The van der Waals surface area contributed by atoms with Crippen molar-refractivity contribution >= 4 is 64.0 Å². The fourth-order valence-corrected chi connectivity index (χ4v) is 3.83. The van der Waals surface area contributed by atoms with Crippen molar-refractivity contribution in [3.63, 3.8) is 0 Å². The molecule has 10 heteroatoms. The van der Waals surface area contributed by atoms with Crippen molar-refractivity contribution in [2.24, 2.45) is 0 Å². The second-order valence-electron chi connectivity index (χ2n) is 7.98. The number of amides is 3. The van der Waals surface area contributed by atoms with E-state index in [0.717, 1.165) is 4.90 Å². The highest BCUT2D eigenvalue weighted by molar-refractivity contribution is 6.53. The van der Waals surface area contributed by atoms with Gasteiger partial charge in [-0.3, -0.25) is 14.4 Å². The van der Waals surface area contributed by atoms with Crippen molar-refractivity contribution in [3.8, 4) is 0 Å². The zero-order valence-electron chi connectivity index (χ0n) is 19.6. The number of esters is 1. The van der Waals surface area contributed by atoms with E-state index in [1.807, 2.05) is 6.92 Å². The van der Waals surface area contributed by atoms with Gasteiger partial charge in [-0.2, -0.15) is 0 Å². The summed E-state index contributed by atoms with van der Waals surface area (Å²) in [6, 6.07) is 18.9. The van der Waals surface area contributed by atoms with Crippen LogP contribution in [0, 0.1) is 0 Å². The maximum absolute atomic E-state index is 12.9. The fraction of sp³-hybridized carbons (Fsp3) is 0.111. The first kappa shape index (κ1) is 25.9. The smallest absolute Gasteiger partial charge is 0.338 e. The molecule has 3 aromatic carbocycles. The Balaban J connectivity index is 1.43. The molecule has 0 fully saturated rings. The number of halogens is 2. The number of anilines is 3. The standard InChI is InChI=1S/C27H21Cl2N3O5/c1-2-14-37-27(36)17-4-3-5-20(15-17)31-24(33)16-6-10-19(11-7-16)30-23-22(29)25(34)32(26(23)35)21-12-8-18(28)9-13-21/h3-13,15,30H,2,14H2,1H3,(H,31,33). The van der Waals surface area contributed by atoms with E-state index in [-0.39, 0.29) is 10.7 Å². The van der Waals surface area contributed by atoms with E-state index in [9.17, 15) is 19.2 Å². The molecule has 1 heterocycles. The molecular weight excluding hydrogens is 517 g/mol. The number of benzene rings is 3. The molecule has 37 heavy (non-hydrogen) atoms. The summed E-state index contributed by atoms with van der Waals surface area (Å²) in [6.07, 6.45) is 0.710. The van der Waals surface area contributed by atoms with Gasteiger partial charge < -0.3 is 15.4 Å². The highest BCUT2D eigenvalue weighted by atomic mass is 35.5. The Hall–Kier alpha value is -4.14. The van der Waals surface area contributed by atoms with E-state index in [2.05, 4.69) is 10.6 Å². The largest absolute Gasteiger partial charge is 0.462 e. The lowest BCUT2D eigenvalue weighted by molar-refractivity contribution is -0.120. The average Bonchev–Trinajstić information content (AvgIpc) is 3.11. The summed E-state index contributed by atoms with van der Waals surface area (Å²) in [5, 5.41) is 5.81. The molecule has 8 nitrogen and oxygen atoms in total. The van der Waals surface area contributed by atoms with Crippen LogP contribution in [0.3, 0.4) is 0 Å². The van der Waals surface area contributed by atoms with E-state index >= 15 is 0 Å². The lowest BCUT2D eigenvalue weighted by atomic mass is 10.1. The number of hydrogen-bond acceptors (Lipinski definition) is 6. The molecule has 0 radical (unpaired) electrons. The van der Waals surface area contributed by atoms with Crippen LogP contribution in [-0.4, -0.2) is 30.3 Å². The minimum atomic E-state index is -0.659. The zero-order valence-corrected chi connectivity index (χ0v) is 21.1. The molecule has 3 amide bonds. The minimum absolute atomic E-state index is 0.0782. The van der Waals surface area contributed by atoms with Crippen LogP contribution in [0.5, 0.6) is 0 Å². The second-order valence-corrected chi connectivity index (χ2v) is 8.80. The molecule has 0 aromatic heterocycles. The molecule has 0 atom stereocenters. The van der Waals surface area contributed by atoms with E-state index in [1.54, 1.807) is 66.7 Å². The van der Waals surface area contributed by atoms with Crippen LogP contribution in [-0.2, 0) is 14.3 Å². The minimum Gasteiger partial charge on any atom is -0.462 e. The first-order valence-corrected chi connectivity index (χ1v) is 12.0. The monoisotopic (exact) mass is 537 g/mol. The van der Waals surface area contributed by atoms with Crippen molar-refractivity contribution in [2.75, 3.05) is 22.1 Å². The quantitative estimate of drug-likeness (QED) is 0.286. The number of carbonyl (C=O) groups excluding carboxylic acids is 4. The van der Waals surface area contributed by atoms with Gasteiger partial charge in [0.05, 0.1) is 17.9 Å². The maximum Gasteiger partial charge on any atom is 0.338 e. The Bertz CT molecular complexity index is 1400. The number of imide groups is 1. The molecule has 3 aromatic rings. The van der Waals surface area contributed by atoms with Crippen LogP contribution in [0.4, 0.5) is 17.1 Å². The highest BCUT2D eigenvalue weighted by Crippen LogP contribution is 2.30. The van der Waals surface area contributed by atoms with Crippen molar-refractivity contribution < 1.29 is 23.9 Å². The average molecular weight is 538 g/mol. The van der Waals surface area contributed by atoms with E-state index in [1.165, 1.54) is 6.07 Å². The number of hydrogen-bond donors (Lipinski definition) is 2. The first-order chi connectivity index (χ1) is 17.8. The lowest BCUT2D eigenvalue weighted by Crippen LogP contribution is -2.32. The van der Waals surface area contributed by atoms with Crippen LogP contribution in [0.1, 0.15) is 34.1 Å². The molecule has 0 unspecified atom stereocenters. The van der Waals surface area contributed by atoms with Crippen molar-refractivity contribution in [1.29, 1.82) is 0 Å². The fourth-order valence-electron chi connectivity index (χ4n) is 3.49. The molecule has 0 aliphatic carbocycles. The van der Waals surface area contributed by atoms with Crippen LogP contribution < -0.4 is 15.5 Å².